The molecule has 0 radical (unpaired) electrons. The van der Waals surface area contributed by atoms with Gasteiger partial charge < -0.3 is 15.3 Å². The van der Waals surface area contributed by atoms with Crippen LogP contribution in [0.25, 0.3) is 0 Å². The van der Waals surface area contributed by atoms with E-state index in [2.05, 4.69) is 18.2 Å². The van der Waals surface area contributed by atoms with Crippen LogP contribution in [0.2, 0.25) is 0 Å². The first-order valence-corrected chi connectivity index (χ1v) is 8.83. The summed E-state index contributed by atoms with van der Waals surface area (Å²) < 4.78 is 0. The first-order valence-electron chi connectivity index (χ1n) is 8.83. The molecular weight excluding hydrogens is 304 g/mol. The van der Waals surface area contributed by atoms with E-state index in [4.69, 9.17) is 15.3 Å². The number of carboxylic acids is 1. The number of hydrogen-bond donors (Lipinski definition) is 3. The minimum atomic E-state index is -1.24. The van der Waals surface area contributed by atoms with E-state index in [1.165, 1.54) is 0 Å². The average molecular weight is 336 g/mol. The van der Waals surface area contributed by atoms with Gasteiger partial charge in [-0.1, -0.05) is 55.0 Å². The van der Waals surface area contributed by atoms with Crippen LogP contribution in [-0.2, 0) is 4.79 Å². The lowest BCUT2D eigenvalue weighted by molar-refractivity contribution is -0.146. The van der Waals surface area contributed by atoms with Crippen molar-refractivity contribution in [3.63, 3.8) is 0 Å². The summed E-state index contributed by atoms with van der Waals surface area (Å²) in [5, 5.41) is 26.3. The summed E-state index contributed by atoms with van der Waals surface area (Å²) in [5.41, 5.74) is 0. The molecular formula is C20H32O4. The summed E-state index contributed by atoms with van der Waals surface area (Å²) in [4.78, 5) is 10.4. The maximum absolute atomic E-state index is 10.4. The highest BCUT2D eigenvalue weighted by Gasteiger charge is 2.10. The molecule has 0 aromatic carbocycles. The lowest BCUT2D eigenvalue weighted by atomic mass is 10.1. The molecule has 4 heteroatoms. The van der Waals surface area contributed by atoms with Gasteiger partial charge in [0.2, 0.25) is 0 Å². The Labute approximate surface area is 145 Å². The van der Waals surface area contributed by atoms with Crippen LogP contribution in [0.5, 0.6) is 0 Å². The standard InChI is InChI=1S/C20H32O4/c21-18-16-14-12-10-8-6-4-2-1-3-5-7-9-11-13-15-17-19(22)20(23)24/h1,3,5-9,11,19,21-22H,2,4,10,12-18H2,(H,23,24). The largest absolute Gasteiger partial charge is 0.479 e. The van der Waals surface area contributed by atoms with Crippen molar-refractivity contribution in [3.05, 3.63) is 48.6 Å². The fraction of sp³-hybridized carbons (Fsp3) is 0.550. The number of aliphatic hydroxyl groups excluding tert-OH is 2. The molecule has 0 aromatic heterocycles. The Bertz CT molecular complexity index is 408. The third-order valence-electron chi connectivity index (χ3n) is 3.43. The zero-order valence-electron chi connectivity index (χ0n) is 14.5. The summed E-state index contributed by atoms with van der Waals surface area (Å²) in [6.07, 6.45) is 23.2. The van der Waals surface area contributed by atoms with E-state index < -0.39 is 12.1 Å². The molecule has 0 rings (SSSR count). The van der Waals surface area contributed by atoms with Gasteiger partial charge in [-0.25, -0.2) is 4.79 Å². The molecule has 0 heterocycles. The van der Waals surface area contributed by atoms with Crippen LogP contribution in [0.4, 0.5) is 0 Å². The maximum Gasteiger partial charge on any atom is 0.332 e. The van der Waals surface area contributed by atoms with Gasteiger partial charge in [0.1, 0.15) is 0 Å². The monoisotopic (exact) mass is 336 g/mol. The third-order valence-corrected chi connectivity index (χ3v) is 3.43. The van der Waals surface area contributed by atoms with E-state index in [-0.39, 0.29) is 6.42 Å². The summed E-state index contributed by atoms with van der Waals surface area (Å²) in [5.74, 6) is -1.15. The number of carboxylic acid groups (broad SMARTS) is 1. The van der Waals surface area contributed by atoms with Gasteiger partial charge in [0, 0.05) is 6.61 Å². The molecule has 24 heavy (non-hydrogen) atoms. The lowest BCUT2D eigenvalue weighted by Gasteiger charge is -2.01. The van der Waals surface area contributed by atoms with Crippen molar-refractivity contribution in [1.29, 1.82) is 0 Å². The molecule has 136 valence electrons. The quantitative estimate of drug-likeness (QED) is 0.238. The van der Waals surface area contributed by atoms with Gasteiger partial charge in [-0.3, -0.25) is 0 Å². The Kier molecular flexibility index (Phi) is 16.5. The van der Waals surface area contributed by atoms with Crippen LogP contribution in [0.3, 0.4) is 0 Å². The second-order valence-corrected chi connectivity index (χ2v) is 5.65. The van der Waals surface area contributed by atoms with Crippen molar-refractivity contribution < 1.29 is 20.1 Å². The number of hydrogen-bond acceptors (Lipinski definition) is 3. The zero-order valence-corrected chi connectivity index (χ0v) is 14.5. The fourth-order valence-electron chi connectivity index (χ4n) is 2.01. The van der Waals surface area contributed by atoms with Crippen LogP contribution < -0.4 is 0 Å². The topological polar surface area (TPSA) is 77.8 Å². The van der Waals surface area contributed by atoms with E-state index in [0.29, 0.717) is 13.0 Å². The van der Waals surface area contributed by atoms with E-state index in [9.17, 15) is 4.79 Å². The van der Waals surface area contributed by atoms with Gasteiger partial charge in [0.25, 0.3) is 0 Å². The summed E-state index contributed by atoms with van der Waals surface area (Å²) in [6, 6.07) is 0. The average Bonchev–Trinajstić information content (AvgIpc) is 2.57. The van der Waals surface area contributed by atoms with Gasteiger partial charge in [-0.15, -0.1) is 0 Å². The van der Waals surface area contributed by atoms with Crippen LogP contribution in [0, 0.1) is 0 Å². The third kappa shape index (κ3) is 16.7. The number of allylic oxidation sites excluding steroid dienone is 8. The Balaban J connectivity index is 3.49. The zero-order chi connectivity index (χ0) is 17.9. The molecule has 0 aliphatic rings. The van der Waals surface area contributed by atoms with Gasteiger partial charge in [0.05, 0.1) is 0 Å². The highest BCUT2D eigenvalue weighted by molar-refractivity contribution is 5.71. The lowest BCUT2D eigenvalue weighted by Crippen LogP contribution is -2.18. The first-order chi connectivity index (χ1) is 11.7. The highest BCUT2D eigenvalue weighted by Crippen LogP contribution is 2.03. The number of rotatable bonds is 15. The molecule has 1 unspecified atom stereocenters. The number of aliphatic hydroxyl groups is 2. The number of carbonyl (C=O) groups is 1. The smallest absolute Gasteiger partial charge is 0.332 e. The van der Waals surface area contributed by atoms with Crippen molar-refractivity contribution in [2.45, 2.75) is 63.9 Å². The molecule has 0 bridgehead atoms. The molecule has 0 aliphatic heterocycles. The van der Waals surface area contributed by atoms with Gasteiger partial charge in [0.15, 0.2) is 6.10 Å². The first kappa shape index (κ1) is 22.4. The summed E-state index contributed by atoms with van der Waals surface area (Å²) in [6.45, 7) is 0.297. The van der Waals surface area contributed by atoms with E-state index in [1.807, 2.05) is 30.4 Å². The van der Waals surface area contributed by atoms with Crippen LogP contribution in [0.1, 0.15) is 57.8 Å². The molecule has 3 N–H and O–H groups in total. The minimum absolute atomic E-state index is 0.290. The summed E-state index contributed by atoms with van der Waals surface area (Å²) >= 11 is 0. The molecule has 1 atom stereocenters. The Morgan fingerprint density at radius 2 is 1.33 bits per heavy atom. The minimum Gasteiger partial charge on any atom is -0.479 e. The molecule has 0 spiro atoms. The predicted octanol–water partition coefficient (Wildman–Crippen LogP) is 4.16. The molecule has 0 saturated carbocycles. The van der Waals surface area contributed by atoms with Crippen molar-refractivity contribution >= 4 is 5.97 Å². The van der Waals surface area contributed by atoms with Gasteiger partial charge >= 0.3 is 5.97 Å². The van der Waals surface area contributed by atoms with Crippen molar-refractivity contribution in [1.82, 2.24) is 0 Å². The summed E-state index contributed by atoms with van der Waals surface area (Å²) in [7, 11) is 0. The Hall–Kier alpha value is -1.65. The van der Waals surface area contributed by atoms with Crippen LogP contribution >= 0.6 is 0 Å². The highest BCUT2D eigenvalue weighted by atomic mass is 16.4. The molecule has 0 aliphatic carbocycles. The molecule has 0 saturated heterocycles. The Morgan fingerprint density at radius 3 is 2.00 bits per heavy atom. The fourth-order valence-corrected chi connectivity index (χ4v) is 2.01. The van der Waals surface area contributed by atoms with Gasteiger partial charge in [-0.2, -0.15) is 0 Å². The van der Waals surface area contributed by atoms with Crippen molar-refractivity contribution in [2.75, 3.05) is 6.61 Å². The molecule has 4 nitrogen and oxygen atoms in total. The second-order valence-electron chi connectivity index (χ2n) is 5.65. The second kappa shape index (κ2) is 17.7. The van der Waals surface area contributed by atoms with Crippen LogP contribution in [0.15, 0.2) is 48.6 Å². The SMILES string of the molecule is O=C(O)C(O)CCCC=CC=CC=CCCC=CCCCCCO. The van der Waals surface area contributed by atoms with Crippen molar-refractivity contribution in [3.8, 4) is 0 Å². The van der Waals surface area contributed by atoms with E-state index >= 15 is 0 Å². The normalized spacial score (nSPS) is 13.8. The number of unbranched alkanes of at least 4 members (excludes halogenated alkanes) is 5. The van der Waals surface area contributed by atoms with E-state index in [1.54, 1.807) is 0 Å². The Morgan fingerprint density at radius 1 is 0.750 bits per heavy atom. The maximum atomic E-state index is 10.4. The van der Waals surface area contributed by atoms with E-state index in [0.717, 1.165) is 44.9 Å². The number of aliphatic carboxylic acids is 1. The predicted molar refractivity (Wildman–Crippen MR) is 98.8 cm³/mol. The molecule has 0 fully saturated rings. The molecule has 0 aromatic rings. The van der Waals surface area contributed by atoms with Gasteiger partial charge in [-0.05, 0) is 51.4 Å². The molecule has 0 amide bonds. The van der Waals surface area contributed by atoms with Crippen LogP contribution in [-0.4, -0.2) is 34.0 Å². The van der Waals surface area contributed by atoms with Crippen molar-refractivity contribution in [2.24, 2.45) is 0 Å².